The van der Waals surface area contributed by atoms with Crippen LogP contribution in [0.25, 0.3) is 0 Å². The molecule has 0 radical (unpaired) electrons. The minimum atomic E-state index is -0.545. The third-order valence-corrected chi connectivity index (χ3v) is 3.85. The molecular weight excluding hydrogens is 222 g/mol. The smallest absolute Gasteiger partial charge is 0.151 e. The molecule has 1 aliphatic rings. The predicted molar refractivity (Wildman–Crippen MR) is 66.4 cm³/mol. The van der Waals surface area contributed by atoms with Crippen molar-refractivity contribution in [2.45, 2.75) is 26.7 Å². The summed E-state index contributed by atoms with van der Waals surface area (Å²) in [6.45, 7) is 5.70. The molecule has 0 saturated heterocycles. The Morgan fingerprint density at radius 3 is 2.41 bits per heavy atom. The highest BCUT2D eigenvalue weighted by molar-refractivity contribution is 5.70. The van der Waals surface area contributed by atoms with E-state index in [9.17, 15) is 8.78 Å². The van der Waals surface area contributed by atoms with Crippen molar-refractivity contribution in [1.82, 2.24) is 0 Å². The van der Waals surface area contributed by atoms with Crippen LogP contribution in [0, 0.1) is 17.0 Å². The first-order chi connectivity index (χ1) is 8.10. The summed E-state index contributed by atoms with van der Waals surface area (Å²) in [7, 11) is 0. The van der Waals surface area contributed by atoms with Gasteiger partial charge in [-0.15, -0.1) is 0 Å². The average Bonchev–Trinajstić information content (AvgIpc) is 2.49. The topological polar surface area (TPSA) is 24.1 Å². The van der Waals surface area contributed by atoms with Gasteiger partial charge in [-0.25, -0.2) is 8.78 Å². The zero-order chi connectivity index (χ0) is 12.5. The van der Waals surface area contributed by atoms with E-state index in [-0.39, 0.29) is 5.41 Å². The summed E-state index contributed by atoms with van der Waals surface area (Å²) >= 11 is 0. The van der Waals surface area contributed by atoms with Gasteiger partial charge in [0.15, 0.2) is 5.82 Å². The first-order valence-electron chi connectivity index (χ1n) is 6.07. The highest BCUT2D eigenvalue weighted by atomic mass is 19.1. The van der Waals surface area contributed by atoms with Crippen LogP contribution in [0.5, 0.6) is 0 Å². The van der Waals surface area contributed by atoms with E-state index in [0.29, 0.717) is 17.9 Å². The fraction of sp³-hybridized carbons (Fsp3) is 0.538. The lowest BCUT2D eigenvalue weighted by Crippen LogP contribution is -2.33. The molecule has 1 heterocycles. The van der Waals surface area contributed by atoms with Crippen molar-refractivity contribution in [3.63, 3.8) is 0 Å². The molecule has 0 spiro atoms. The van der Waals surface area contributed by atoms with Crippen LogP contribution in [-0.4, -0.2) is 13.1 Å². The summed E-state index contributed by atoms with van der Waals surface area (Å²) < 4.78 is 26.8. The standard InChI is InChI=1S/C13H18F2N2/c1-3-13(4-2)7-16-11-6-9(14)5-10(15)12(11)17-8-13/h5-6,16-17H,3-4,7-8H2,1-2H3. The summed E-state index contributed by atoms with van der Waals surface area (Å²) in [6, 6.07) is 2.26. The Hall–Kier alpha value is -1.32. The van der Waals surface area contributed by atoms with Crippen LogP contribution in [0.2, 0.25) is 0 Å². The molecule has 1 aromatic rings. The molecule has 0 amide bonds. The van der Waals surface area contributed by atoms with Gasteiger partial charge in [-0.3, -0.25) is 0 Å². The minimum Gasteiger partial charge on any atom is -0.383 e. The van der Waals surface area contributed by atoms with Crippen molar-refractivity contribution in [2.24, 2.45) is 5.41 Å². The minimum absolute atomic E-state index is 0.0991. The number of hydrogen-bond donors (Lipinski definition) is 2. The first kappa shape index (κ1) is 12.1. The Balaban J connectivity index is 2.33. The second-order valence-electron chi connectivity index (χ2n) is 4.72. The van der Waals surface area contributed by atoms with Gasteiger partial charge in [-0.05, 0) is 18.9 Å². The second kappa shape index (κ2) is 4.51. The summed E-state index contributed by atoms with van der Waals surface area (Å²) in [6.07, 6.45) is 2.00. The first-order valence-corrected chi connectivity index (χ1v) is 6.07. The summed E-state index contributed by atoms with van der Waals surface area (Å²) in [5.74, 6) is -1.08. The van der Waals surface area contributed by atoms with Gasteiger partial charge in [0.2, 0.25) is 0 Å². The van der Waals surface area contributed by atoms with Crippen molar-refractivity contribution < 1.29 is 8.78 Å². The van der Waals surface area contributed by atoms with Crippen molar-refractivity contribution in [2.75, 3.05) is 23.7 Å². The molecule has 0 saturated carbocycles. The van der Waals surface area contributed by atoms with Gasteiger partial charge in [-0.2, -0.15) is 0 Å². The maximum Gasteiger partial charge on any atom is 0.151 e. The third-order valence-electron chi connectivity index (χ3n) is 3.85. The molecule has 2 nitrogen and oxygen atoms in total. The fourth-order valence-electron chi connectivity index (χ4n) is 2.26. The monoisotopic (exact) mass is 240 g/mol. The SMILES string of the molecule is CCC1(CC)CNc2cc(F)cc(F)c2NC1. The van der Waals surface area contributed by atoms with E-state index in [4.69, 9.17) is 0 Å². The maximum absolute atomic E-state index is 13.6. The fourth-order valence-corrected chi connectivity index (χ4v) is 2.26. The number of anilines is 2. The van der Waals surface area contributed by atoms with Crippen molar-refractivity contribution in [3.8, 4) is 0 Å². The van der Waals surface area contributed by atoms with Crippen molar-refractivity contribution >= 4 is 11.4 Å². The second-order valence-corrected chi connectivity index (χ2v) is 4.72. The van der Waals surface area contributed by atoms with Gasteiger partial charge in [0.05, 0.1) is 11.4 Å². The zero-order valence-corrected chi connectivity index (χ0v) is 10.2. The largest absolute Gasteiger partial charge is 0.383 e. The molecule has 4 heteroatoms. The van der Waals surface area contributed by atoms with Gasteiger partial charge in [0.1, 0.15) is 5.82 Å². The average molecular weight is 240 g/mol. The van der Waals surface area contributed by atoms with Gasteiger partial charge < -0.3 is 10.6 Å². The number of rotatable bonds is 2. The highest BCUT2D eigenvalue weighted by Crippen LogP contribution is 2.35. The molecule has 0 aromatic heterocycles. The number of nitrogens with one attached hydrogen (secondary N) is 2. The normalized spacial score (nSPS) is 17.6. The summed E-state index contributed by atoms with van der Waals surface area (Å²) in [5, 5.41) is 6.27. The van der Waals surface area contributed by atoms with Crippen LogP contribution in [0.3, 0.4) is 0 Å². The van der Waals surface area contributed by atoms with E-state index in [2.05, 4.69) is 24.5 Å². The molecule has 1 aromatic carbocycles. The van der Waals surface area contributed by atoms with Crippen molar-refractivity contribution in [3.05, 3.63) is 23.8 Å². The zero-order valence-electron chi connectivity index (χ0n) is 10.2. The number of benzene rings is 1. The molecule has 2 N–H and O–H groups in total. The predicted octanol–water partition coefficient (Wildman–Crippen LogP) is 3.61. The molecule has 2 rings (SSSR count). The molecule has 1 aliphatic heterocycles. The van der Waals surface area contributed by atoms with Crippen LogP contribution in [0.4, 0.5) is 20.2 Å². The molecule has 0 aliphatic carbocycles. The summed E-state index contributed by atoms with van der Waals surface area (Å²) in [5.41, 5.74) is 1.00. The third kappa shape index (κ3) is 2.21. The Morgan fingerprint density at radius 2 is 1.76 bits per heavy atom. The molecular formula is C13H18F2N2. The Labute approximate surface area is 100 Å². The Kier molecular flexibility index (Phi) is 3.22. The van der Waals surface area contributed by atoms with Gasteiger partial charge in [0.25, 0.3) is 0 Å². The maximum atomic E-state index is 13.6. The number of halogens is 2. The Morgan fingerprint density at radius 1 is 1.12 bits per heavy atom. The van der Waals surface area contributed by atoms with Crippen LogP contribution in [-0.2, 0) is 0 Å². The lowest BCUT2D eigenvalue weighted by Gasteiger charge is -2.30. The molecule has 0 fully saturated rings. The van der Waals surface area contributed by atoms with Crippen LogP contribution >= 0.6 is 0 Å². The van der Waals surface area contributed by atoms with Crippen LogP contribution in [0.1, 0.15) is 26.7 Å². The number of fused-ring (bicyclic) bond motifs is 1. The quantitative estimate of drug-likeness (QED) is 0.825. The van der Waals surface area contributed by atoms with Gasteiger partial charge in [-0.1, -0.05) is 13.8 Å². The van der Waals surface area contributed by atoms with Crippen molar-refractivity contribution in [1.29, 1.82) is 0 Å². The molecule has 0 atom stereocenters. The van der Waals surface area contributed by atoms with E-state index in [1.165, 1.54) is 6.07 Å². The molecule has 0 bridgehead atoms. The molecule has 94 valence electrons. The van der Waals surface area contributed by atoms with E-state index in [0.717, 1.165) is 25.5 Å². The molecule has 0 unspecified atom stereocenters. The van der Waals surface area contributed by atoms with E-state index in [1.54, 1.807) is 0 Å². The Bertz CT molecular complexity index is 414. The van der Waals surface area contributed by atoms with Gasteiger partial charge >= 0.3 is 0 Å². The van der Waals surface area contributed by atoms with E-state index >= 15 is 0 Å². The molecule has 17 heavy (non-hydrogen) atoms. The van der Waals surface area contributed by atoms with E-state index < -0.39 is 11.6 Å². The highest BCUT2D eigenvalue weighted by Gasteiger charge is 2.29. The van der Waals surface area contributed by atoms with Crippen LogP contribution in [0.15, 0.2) is 12.1 Å². The lowest BCUT2D eigenvalue weighted by atomic mass is 9.82. The van der Waals surface area contributed by atoms with Crippen LogP contribution < -0.4 is 10.6 Å². The van der Waals surface area contributed by atoms with Gasteiger partial charge in [0, 0.05) is 24.6 Å². The summed E-state index contributed by atoms with van der Waals surface area (Å²) in [4.78, 5) is 0. The number of hydrogen-bond acceptors (Lipinski definition) is 2. The lowest BCUT2D eigenvalue weighted by molar-refractivity contribution is 0.307. The van der Waals surface area contributed by atoms with E-state index in [1.807, 2.05) is 0 Å².